The van der Waals surface area contributed by atoms with Crippen molar-refractivity contribution in [3.05, 3.63) is 46.4 Å². The molecule has 112 valence electrons. The Hall–Kier alpha value is -1.34. The zero-order chi connectivity index (χ0) is 15.5. The summed E-state index contributed by atoms with van der Waals surface area (Å²) < 4.78 is 8.33. The van der Waals surface area contributed by atoms with Gasteiger partial charge >= 0.3 is 0 Å². The number of fused-ring (bicyclic) bond motifs is 1. The molecule has 0 fully saturated rings. The molecule has 0 unspecified atom stereocenters. The first-order chi connectivity index (χ1) is 10.6. The van der Waals surface area contributed by atoms with Crippen LogP contribution in [0.2, 0.25) is 10.0 Å². The topological polar surface area (TPSA) is 54.9 Å². The molecule has 0 aliphatic rings. The largest absolute Gasteiger partial charge is 0.323 e. The predicted octanol–water partition coefficient (Wildman–Crippen LogP) is 4.73. The molecule has 0 saturated heterocycles. The molecule has 4 nitrogen and oxygen atoms in total. The highest BCUT2D eigenvalue weighted by atomic mass is 35.5. The quantitative estimate of drug-likeness (QED) is 0.675. The van der Waals surface area contributed by atoms with E-state index in [0.29, 0.717) is 26.1 Å². The van der Waals surface area contributed by atoms with Crippen LogP contribution in [0.25, 0.3) is 11.0 Å². The summed E-state index contributed by atoms with van der Waals surface area (Å²) in [6, 6.07) is 10.7. The first-order valence-electron chi connectivity index (χ1n) is 6.23. The third kappa shape index (κ3) is 3.35. The van der Waals surface area contributed by atoms with Crippen molar-refractivity contribution in [1.82, 2.24) is 8.75 Å². The van der Waals surface area contributed by atoms with Crippen molar-refractivity contribution in [1.29, 1.82) is 0 Å². The van der Waals surface area contributed by atoms with E-state index in [2.05, 4.69) is 14.1 Å². The molecule has 0 bridgehead atoms. The van der Waals surface area contributed by atoms with Gasteiger partial charge in [0.05, 0.1) is 33.2 Å². The SMILES string of the molecule is O=C(CSc1c(Cl)cccc1Cl)Nc1cccc2nsnc12. The highest BCUT2D eigenvalue weighted by Gasteiger charge is 2.11. The van der Waals surface area contributed by atoms with Crippen molar-refractivity contribution in [3.8, 4) is 0 Å². The van der Waals surface area contributed by atoms with Crippen LogP contribution in [-0.4, -0.2) is 20.4 Å². The Kier molecular flexibility index (Phi) is 4.83. The van der Waals surface area contributed by atoms with E-state index in [0.717, 1.165) is 17.2 Å². The lowest BCUT2D eigenvalue weighted by Gasteiger charge is -2.07. The van der Waals surface area contributed by atoms with E-state index < -0.39 is 0 Å². The summed E-state index contributed by atoms with van der Waals surface area (Å²) >= 11 is 14.6. The Morgan fingerprint density at radius 2 is 1.86 bits per heavy atom. The number of hydrogen-bond donors (Lipinski definition) is 1. The Morgan fingerprint density at radius 3 is 2.64 bits per heavy atom. The maximum Gasteiger partial charge on any atom is 0.234 e. The van der Waals surface area contributed by atoms with Gasteiger partial charge in [-0.1, -0.05) is 35.3 Å². The Balaban J connectivity index is 1.69. The Bertz CT molecular complexity index is 818. The number of amides is 1. The van der Waals surface area contributed by atoms with Gasteiger partial charge in [0.2, 0.25) is 5.91 Å². The van der Waals surface area contributed by atoms with Crippen LogP contribution >= 0.6 is 46.7 Å². The van der Waals surface area contributed by atoms with E-state index in [1.165, 1.54) is 11.8 Å². The third-order valence-electron chi connectivity index (χ3n) is 2.83. The van der Waals surface area contributed by atoms with Crippen LogP contribution in [0, 0.1) is 0 Å². The number of benzene rings is 2. The summed E-state index contributed by atoms with van der Waals surface area (Å²) in [5.74, 6) is 0.0544. The predicted molar refractivity (Wildman–Crippen MR) is 93.2 cm³/mol. The molecule has 1 amide bonds. The summed E-state index contributed by atoms with van der Waals surface area (Å²) in [4.78, 5) is 12.8. The van der Waals surface area contributed by atoms with Crippen LogP contribution in [0.1, 0.15) is 0 Å². The zero-order valence-corrected chi connectivity index (χ0v) is 14.2. The number of halogens is 2. The monoisotopic (exact) mass is 369 g/mol. The molecule has 0 saturated carbocycles. The minimum atomic E-state index is -0.151. The van der Waals surface area contributed by atoms with Crippen LogP contribution < -0.4 is 5.32 Å². The number of thioether (sulfide) groups is 1. The van der Waals surface area contributed by atoms with Gasteiger partial charge in [-0.15, -0.1) is 11.8 Å². The molecule has 0 atom stereocenters. The Labute approximate surface area is 145 Å². The average molecular weight is 370 g/mol. The smallest absolute Gasteiger partial charge is 0.234 e. The number of nitrogens with one attached hydrogen (secondary N) is 1. The molecule has 3 aromatic rings. The Morgan fingerprint density at radius 1 is 1.14 bits per heavy atom. The summed E-state index contributed by atoms with van der Waals surface area (Å²) in [5, 5.41) is 3.91. The molecule has 0 spiro atoms. The second-order valence-electron chi connectivity index (χ2n) is 4.33. The molecular weight excluding hydrogens is 361 g/mol. The molecule has 1 heterocycles. The summed E-state index contributed by atoms with van der Waals surface area (Å²) in [6.45, 7) is 0. The lowest BCUT2D eigenvalue weighted by Crippen LogP contribution is -2.14. The number of nitrogens with zero attached hydrogens (tertiary/aromatic N) is 2. The van der Waals surface area contributed by atoms with Crippen molar-refractivity contribution in [2.45, 2.75) is 4.90 Å². The molecular formula is C14H9Cl2N3OS2. The van der Waals surface area contributed by atoms with E-state index in [1.54, 1.807) is 24.3 Å². The van der Waals surface area contributed by atoms with Crippen LogP contribution in [0.4, 0.5) is 5.69 Å². The normalized spacial score (nSPS) is 10.8. The van der Waals surface area contributed by atoms with Crippen molar-refractivity contribution in [3.63, 3.8) is 0 Å². The first-order valence-corrected chi connectivity index (χ1v) is 8.70. The second-order valence-corrected chi connectivity index (χ2v) is 6.65. The number of carbonyl (C=O) groups is 1. The van der Waals surface area contributed by atoms with Crippen LogP contribution in [0.15, 0.2) is 41.3 Å². The third-order valence-corrected chi connectivity index (χ3v) is 5.36. The molecule has 1 aromatic heterocycles. The molecule has 22 heavy (non-hydrogen) atoms. The van der Waals surface area contributed by atoms with Gasteiger partial charge in [-0.2, -0.15) is 8.75 Å². The van der Waals surface area contributed by atoms with E-state index in [9.17, 15) is 4.79 Å². The van der Waals surface area contributed by atoms with Crippen molar-refractivity contribution in [2.75, 3.05) is 11.1 Å². The molecule has 0 aliphatic heterocycles. The maximum absolute atomic E-state index is 12.1. The van der Waals surface area contributed by atoms with Gasteiger partial charge in [0.1, 0.15) is 11.0 Å². The van der Waals surface area contributed by atoms with E-state index in [-0.39, 0.29) is 11.7 Å². The van der Waals surface area contributed by atoms with Crippen molar-refractivity contribution in [2.24, 2.45) is 0 Å². The van der Waals surface area contributed by atoms with Gasteiger partial charge in [-0.25, -0.2) is 0 Å². The molecule has 0 aliphatic carbocycles. The molecule has 0 radical (unpaired) electrons. The number of hydrogen-bond acceptors (Lipinski definition) is 5. The molecule has 1 N–H and O–H groups in total. The number of carbonyl (C=O) groups excluding carboxylic acids is 1. The van der Waals surface area contributed by atoms with Crippen LogP contribution in [0.3, 0.4) is 0 Å². The van der Waals surface area contributed by atoms with E-state index in [4.69, 9.17) is 23.2 Å². The summed E-state index contributed by atoms with van der Waals surface area (Å²) in [6.07, 6.45) is 0. The summed E-state index contributed by atoms with van der Waals surface area (Å²) in [7, 11) is 0. The van der Waals surface area contributed by atoms with Gasteiger partial charge in [-0.3, -0.25) is 4.79 Å². The molecule has 2 aromatic carbocycles. The van der Waals surface area contributed by atoms with Gasteiger partial charge in [0.15, 0.2) is 0 Å². The van der Waals surface area contributed by atoms with Gasteiger partial charge < -0.3 is 5.32 Å². The van der Waals surface area contributed by atoms with E-state index in [1.807, 2.05) is 12.1 Å². The maximum atomic E-state index is 12.1. The van der Waals surface area contributed by atoms with Crippen molar-refractivity contribution >= 4 is 69.3 Å². The minimum absolute atomic E-state index is 0.151. The van der Waals surface area contributed by atoms with E-state index >= 15 is 0 Å². The number of rotatable bonds is 4. The fourth-order valence-electron chi connectivity index (χ4n) is 1.85. The van der Waals surface area contributed by atoms with Crippen molar-refractivity contribution < 1.29 is 4.79 Å². The van der Waals surface area contributed by atoms with Gasteiger partial charge in [0.25, 0.3) is 0 Å². The van der Waals surface area contributed by atoms with Gasteiger partial charge in [-0.05, 0) is 24.3 Å². The second kappa shape index (κ2) is 6.83. The lowest BCUT2D eigenvalue weighted by atomic mass is 10.2. The zero-order valence-electron chi connectivity index (χ0n) is 11.0. The highest BCUT2D eigenvalue weighted by Crippen LogP contribution is 2.33. The average Bonchev–Trinajstić information content (AvgIpc) is 2.96. The molecule has 3 rings (SSSR count). The number of aromatic nitrogens is 2. The fraction of sp³-hybridized carbons (Fsp3) is 0.0714. The molecule has 8 heteroatoms. The summed E-state index contributed by atoms with van der Waals surface area (Å²) in [5.41, 5.74) is 2.12. The highest BCUT2D eigenvalue weighted by molar-refractivity contribution is 8.00. The van der Waals surface area contributed by atoms with Gasteiger partial charge in [0, 0.05) is 4.90 Å². The minimum Gasteiger partial charge on any atom is -0.323 e. The lowest BCUT2D eigenvalue weighted by molar-refractivity contribution is -0.113. The first kappa shape index (κ1) is 15.6. The fourth-order valence-corrected chi connectivity index (χ4v) is 3.89. The van der Waals surface area contributed by atoms with Crippen LogP contribution in [0.5, 0.6) is 0 Å². The number of anilines is 1. The van der Waals surface area contributed by atoms with Crippen LogP contribution in [-0.2, 0) is 4.79 Å². The standard InChI is InChI=1S/C14H9Cl2N3OS2/c15-8-3-1-4-9(16)14(8)21-7-12(20)17-10-5-2-6-11-13(10)19-22-18-11/h1-6H,7H2,(H,17,20).